The Labute approximate surface area is 97.5 Å². The van der Waals surface area contributed by atoms with E-state index in [4.69, 9.17) is 4.74 Å². The first-order chi connectivity index (χ1) is 7.58. The van der Waals surface area contributed by atoms with Crippen LogP contribution in [0.3, 0.4) is 0 Å². The van der Waals surface area contributed by atoms with E-state index in [9.17, 15) is 0 Å². The van der Waals surface area contributed by atoms with Crippen LogP contribution in [0.2, 0.25) is 0 Å². The third kappa shape index (κ3) is 3.17. The van der Waals surface area contributed by atoms with Gasteiger partial charge in [0.05, 0.1) is 12.3 Å². The Morgan fingerprint density at radius 1 is 1.38 bits per heavy atom. The number of rotatable bonds is 5. The molecule has 4 heteroatoms. The fourth-order valence-electron chi connectivity index (χ4n) is 1.52. The second-order valence-corrected chi connectivity index (χ2v) is 3.98. The lowest BCUT2D eigenvalue weighted by Crippen LogP contribution is -2.27. The summed E-state index contributed by atoms with van der Waals surface area (Å²) in [5, 5.41) is 3.23. The van der Waals surface area contributed by atoms with Crippen molar-refractivity contribution in [2.75, 3.05) is 13.7 Å². The topological polar surface area (TPSA) is 47.0 Å². The quantitative estimate of drug-likeness (QED) is 0.828. The van der Waals surface area contributed by atoms with Crippen molar-refractivity contribution in [3.05, 3.63) is 17.6 Å². The Morgan fingerprint density at radius 3 is 2.62 bits per heavy atom. The van der Waals surface area contributed by atoms with Gasteiger partial charge in [0.1, 0.15) is 5.82 Å². The highest BCUT2D eigenvalue weighted by Crippen LogP contribution is 2.20. The molecule has 0 fully saturated rings. The molecule has 2 atom stereocenters. The summed E-state index contributed by atoms with van der Waals surface area (Å²) in [7, 11) is 1.96. The summed E-state index contributed by atoms with van der Waals surface area (Å²) in [5.74, 6) is 1.77. The number of hydrogen-bond acceptors (Lipinski definition) is 4. The van der Waals surface area contributed by atoms with Gasteiger partial charge in [0.25, 0.3) is 0 Å². The number of aromatic nitrogens is 2. The highest BCUT2D eigenvalue weighted by atomic mass is 16.5. The van der Waals surface area contributed by atoms with Crippen molar-refractivity contribution in [3.8, 4) is 5.88 Å². The minimum atomic E-state index is 0.339. The van der Waals surface area contributed by atoms with Gasteiger partial charge in [-0.3, -0.25) is 0 Å². The van der Waals surface area contributed by atoms with E-state index in [0.717, 1.165) is 11.5 Å². The highest BCUT2D eigenvalue weighted by Gasteiger charge is 2.15. The minimum Gasteiger partial charge on any atom is -0.478 e. The molecule has 16 heavy (non-hydrogen) atoms. The first kappa shape index (κ1) is 12.9. The van der Waals surface area contributed by atoms with E-state index in [1.165, 1.54) is 0 Å². The lowest BCUT2D eigenvalue weighted by molar-refractivity contribution is 0.324. The van der Waals surface area contributed by atoms with E-state index >= 15 is 0 Å². The maximum Gasteiger partial charge on any atom is 0.216 e. The summed E-state index contributed by atoms with van der Waals surface area (Å²) in [6.07, 6.45) is 0. The lowest BCUT2D eigenvalue weighted by atomic mass is 9.99. The number of nitrogens with zero attached hydrogens (tertiary/aromatic N) is 2. The van der Waals surface area contributed by atoms with Gasteiger partial charge in [-0.15, -0.1) is 0 Å². The van der Waals surface area contributed by atoms with Crippen LogP contribution in [-0.2, 0) is 0 Å². The Kier molecular flexibility index (Phi) is 4.68. The monoisotopic (exact) mass is 223 g/mol. The van der Waals surface area contributed by atoms with Crippen molar-refractivity contribution in [1.82, 2.24) is 15.3 Å². The molecular weight excluding hydrogens is 202 g/mol. The van der Waals surface area contributed by atoms with Gasteiger partial charge in [0, 0.05) is 18.0 Å². The molecule has 4 nitrogen and oxygen atoms in total. The van der Waals surface area contributed by atoms with Crippen LogP contribution in [0.1, 0.15) is 38.2 Å². The van der Waals surface area contributed by atoms with Gasteiger partial charge in [-0.25, -0.2) is 4.98 Å². The lowest BCUT2D eigenvalue weighted by Gasteiger charge is -2.19. The van der Waals surface area contributed by atoms with Crippen LogP contribution < -0.4 is 10.1 Å². The van der Waals surface area contributed by atoms with Gasteiger partial charge in [0.15, 0.2) is 0 Å². The second kappa shape index (κ2) is 5.80. The maximum atomic E-state index is 5.42. The van der Waals surface area contributed by atoms with Crippen molar-refractivity contribution in [3.63, 3.8) is 0 Å². The Balaban J connectivity index is 2.94. The first-order valence-electron chi connectivity index (χ1n) is 5.74. The van der Waals surface area contributed by atoms with Gasteiger partial charge < -0.3 is 10.1 Å². The smallest absolute Gasteiger partial charge is 0.216 e. The molecule has 0 aliphatic carbocycles. The van der Waals surface area contributed by atoms with Gasteiger partial charge in [-0.2, -0.15) is 4.98 Å². The Hall–Kier alpha value is -1.16. The summed E-state index contributed by atoms with van der Waals surface area (Å²) < 4.78 is 5.42. The average Bonchev–Trinajstić information content (AvgIpc) is 2.26. The molecule has 1 aromatic heterocycles. The normalized spacial score (nSPS) is 14.6. The zero-order chi connectivity index (χ0) is 12.1. The number of nitrogens with one attached hydrogen (secondary N) is 1. The van der Waals surface area contributed by atoms with Crippen LogP contribution in [0.4, 0.5) is 0 Å². The third-order valence-electron chi connectivity index (χ3n) is 2.80. The predicted octanol–water partition coefficient (Wildman–Crippen LogP) is 1.90. The van der Waals surface area contributed by atoms with E-state index in [0.29, 0.717) is 24.4 Å². The molecule has 0 saturated carbocycles. The largest absolute Gasteiger partial charge is 0.478 e. The van der Waals surface area contributed by atoms with Gasteiger partial charge in [-0.05, 0) is 27.8 Å². The molecule has 0 bridgehead atoms. The van der Waals surface area contributed by atoms with E-state index < -0.39 is 0 Å². The molecule has 0 amide bonds. The zero-order valence-electron chi connectivity index (χ0n) is 10.7. The Morgan fingerprint density at radius 2 is 2.06 bits per heavy atom. The first-order valence-corrected chi connectivity index (χ1v) is 5.74. The minimum absolute atomic E-state index is 0.339. The molecular formula is C12H21N3O. The molecule has 1 N–H and O–H groups in total. The number of ether oxygens (including phenoxy) is 1. The van der Waals surface area contributed by atoms with Gasteiger partial charge >= 0.3 is 0 Å². The molecule has 1 heterocycles. The van der Waals surface area contributed by atoms with E-state index in [1.807, 2.05) is 27.0 Å². The van der Waals surface area contributed by atoms with Crippen molar-refractivity contribution in [2.45, 2.75) is 39.7 Å². The van der Waals surface area contributed by atoms with Crippen LogP contribution >= 0.6 is 0 Å². The van der Waals surface area contributed by atoms with Crippen LogP contribution in [-0.4, -0.2) is 29.7 Å². The molecule has 0 aliphatic heterocycles. The molecule has 0 radical (unpaired) electrons. The van der Waals surface area contributed by atoms with Crippen molar-refractivity contribution in [2.24, 2.45) is 0 Å². The average molecular weight is 223 g/mol. The SMILES string of the molecule is CCOc1cc(C(C)C(C)NC)nc(C)n1. The molecule has 0 aliphatic rings. The zero-order valence-corrected chi connectivity index (χ0v) is 10.7. The summed E-state index contributed by atoms with van der Waals surface area (Å²) in [4.78, 5) is 8.69. The highest BCUT2D eigenvalue weighted by molar-refractivity contribution is 5.20. The van der Waals surface area contributed by atoms with Crippen molar-refractivity contribution in [1.29, 1.82) is 0 Å². The predicted molar refractivity (Wildman–Crippen MR) is 64.9 cm³/mol. The molecule has 1 rings (SSSR count). The van der Waals surface area contributed by atoms with Crippen LogP contribution in [0, 0.1) is 6.92 Å². The van der Waals surface area contributed by atoms with E-state index in [-0.39, 0.29) is 0 Å². The maximum absolute atomic E-state index is 5.42. The van der Waals surface area contributed by atoms with Crippen LogP contribution in [0.15, 0.2) is 6.07 Å². The Bertz CT molecular complexity index is 341. The molecule has 0 aromatic carbocycles. The standard InChI is InChI=1S/C12H21N3O/c1-6-16-12-7-11(14-10(4)15-12)8(2)9(3)13-5/h7-9,13H,6H2,1-5H3. The fraction of sp³-hybridized carbons (Fsp3) is 0.667. The van der Waals surface area contributed by atoms with E-state index in [1.54, 1.807) is 0 Å². The van der Waals surface area contributed by atoms with Gasteiger partial charge in [0.2, 0.25) is 5.88 Å². The van der Waals surface area contributed by atoms with Crippen LogP contribution in [0.25, 0.3) is 0 Å². The van der Waals surface area contributed by atoms with Crippen molar-refractivity contribution < 1.29 is 4.74 Å². The molecule has 0 saturated heterocycles. The van der Waals surface area contributed by atoms with E-state index in [2.05, 4.69) is 29.1 Å². The van der Waals surface area contributed by atoms with Gasteiger partial charge in [-0.1, -0.05) is 6.92 Å². The second-order valence-electron chi connectivity index (χ2n) is 3.98. The summed E-state index contributed by atoms with van der Waals surface area (Å²) >= 11 is 0. The molecule has 90 valence electrons. The third-order valence-corrected chi connectivity index (χ3v) is 2.80. The summed E-state index contributed by atoms with van der Waals surface area (Å²) in [6.45, 7) is 8.77. The number of likely N-dealkylation sites (N-methyl/N-ethyl adjacent to an activating group) is 1. The molecule has 1 aromatic rings. The molecule has 2 unspecified atom stereocenters. The summed E-state index contributed by atoms with van der Waals surface area (Å²) in [6, 6.07) is 2.30. The molecule has 0 spiro atoms. The van der Waals surface area contributed by atoms with Crippen LogP contribution in [0.5, 0.6) is 5.88 Å². The summed E-state index contributed by atoms with van der Waals surface area (Å²) in [5.41, 5.74) is 1.03. The van der Waals surface area contributed by atoms with Crippen molar-refractivity contribution >= 4 is 0 Å². The fourth-order valence-corrected chi connectivity index (χ4v) is 1.52. The number of aryl methyl sites for hydroxylation is 1. The number of hydrogen-bond donors (Lipinski definition) is 1.